The maximum Gasteiger partial charge on any atom is 0.146 e. The molecule has 148 valence electrons. The van der Waals surface area contributed by atoms with E-state index in [2.05, 4.69) is 42.6 Å². The Kier molecular flexibility index (Phi) is 5.67. The van der Waals surface area contributed by atoms with Crippen LogP contribution in [0.4, 0.5) is 5.82 Å². The van der Waals surface area contributed by atoms with Crippen molar-refractivity contribution in [2.45, 2.75) is 46.1 Å². The Morgan fingerprint density at radius 2 is 1.78 bits per heavy atom. The Morgan fingerprint density at radius 1 is 1.07 bits per heavy atom. The van der Waals surface area contributed by atoms with Crippen molar-refractivity contribution in [3.8, 4) is 0 Å². The Morgan fingerprint density at radius 3 is 2.48 bits per heavy atom. The predicted molar refractivity (Wildman–Crippen MR) is 115 cm³/mol. The molecule has 0 atom stereocenters. The first-order valence-corrected chi connectivity index (χ1v) is 11.2. The molecule has 0 aromatic carbocycles. The van der Waals surface area contributed by atoms with Gasteiger partial charge in [-0.2, -0.15) is 0 Å². The molecule has 27 heavy (non-hydrogen) atoms. The quantitative estimate of drug-likeness (QED) is 0.782. The smallest absolute Gasteiger partial charge is 0.146 e. The van der Waals surface area contributed by atoms with Crippen LogP contribution in [0.5, 0.6) is 0 Å². The van der Waals surface area contributed by atoms with Gasteiger partial charge in [-0.1, -0.05) is 0 Å². The van der Waals surface area contributed by atoms with Crippen molar-refractivity contribution in [2.24, 2.45) is 5.92 Å². The maximum atomic E-state index is 5.09. The van der Waals surface area contributed by atoms with Gasteiger partial charge in [0.25, 0.3) is 0 Å². The fourth-order valence-corrected chi connectivity index (χ4v) is 5.52. The molecule has 0 bridgehead atoms. The van der Waals surface area contributed by atoms with Crippen LogP contribution in [0.3, 0.4) is 0 Å². The lowest BCUT2D eigenvalue weighted by atomic mass is 9.96. The van der Waals surface area contributed by atoms with Gasteiger partial charge in [-0.15, -0.1) is 11.3 Å². The normalized spacial score (nSPS) is 20.0. The van der Waals surface area contributed by atoms with Gasteiger partial charge in [0.15, 0.2) is 0 Å². The van der Waals surface area contributed by atoms with Crippen molar-refractivity contribution in [1.29, 1.82) is 0 Å². The van der Waals surface area contributed by atoms with Crippen molar-refractivity contribution in [3.05, 3.63) is 16.3 Å². The summed E-state index contributed by atoms with van der Waals surface area (Å²) in [6, 6.07) is 0. The largest absolute Gasteiger partial charge is 0.359 e. The third kappa shape index (κ3) is 4.13. The summed E-state index contributed by atoms with van der Waals surface area (Å²) in [4.78, 5) is 19.9. The van der Waals surface area contributed by atoms with Gasteiger partial charge in [0.2, 0.25) is 0 Å². The van der Waals surface area contributed by atoms with Gasteiger partial charge in [-0.3, -0.25) is 4.90 Å². The Hall–Kier alpha value is -1.24. The predicted octanol–water partition coefficient (Wildman–Crippen LogP) is 3.68. The zero-order valence-electron chi connectivity index (χ0n) is 17.3. The maximum absolute atomic E-state index is 5.09. The molecular formula is C21H33N5S. The highest BCUT2D eigenvalue weighted by molar-refractivity contribution is 7.18. The molecule has 2 fully saturated rings. The van der Waals surface area contributed by atoms with Gasteiger partial charge < -0.3 is 9.80 Å². The van der Waals surface area contributed by atoms with Gasteiger partial charge in [-0.05, 0) is 84.2 Å². The highest BCUT2D eigenvalue weighted by atomic mass is 32.1. The second kappa shape index (κ2) is 8.02. The molecule has 2 aromatic rings. The SMILES string of the molecule is Cc1sc2nc(CN3CCCC3)nc(N(C)CC3CCN(C)CC3)c2c1C. The van der Waals surface area contributed by atoms with Crippen molar-refractivity contribution in [1.82, 2.24) is 19.8 Å². The van der Waals surface area contributed by atoms with Crippen molar-refractivity contribution >= 4 is 27.4 Å². The van der Waals surface area contributed by atoms with Crippen molar-refractivity contribution in [3.63, 3.8) is 0 Å². The molecule has 5 nitrogen and oxygen atoms in total. The lowest BCUT2D eigenvalue weighted by Crippen LogP contribution is -2.36. The number of nitrogens with zero attached hydrogens (tertiary/aromatic N) is 5. The number of aryl methyl sites for hydroxylation is 2. The summed E-state index contributed by atoms with van der Waals surface area (Å²) in [5, 5.41) is 1.28. The summed E-state index contributed by atoms with van der Waals surface area (Å²) >= 11 is 1.83. The second-order valence-corrected chi connectivity index (χ2v) is 9.74. The average Bonchev–Trinajstić information content (AvgIpc) is 3.25. The molecule has 2 aliphatic heterocycles. The van der Waals surface area contributed by atoms with E-state index in [1.165, 1.54) is 72.5 Å². The monoisotopic (exact) mass is 387 g/mol. The number of likely N-dealkylation sites (tertiary alicyclic amines) is 2. The Balaban J connectivity index is 1.62. The fraction of sp³-hybridized carbons (Fsp3) is 0.714. The van der Waals surface area contributed by atoms with E-state index in [1.807, 2.05) is 11.3 Å². The van der Waals surface area contributed by atoms with Crippen LogP contribution in [-0.2, 0) is 6.54 Å². The van der Waals surface area contributed by atoms with E-state index >= 15 is 0 Å². The molecule has 0 spiro atoms. The first-order chi connectivity index (χ1) is 13.0. The van der Waals surface area contributed by atoms with Gasteiger partial charge in [0, 0.05) is 18.5 Å². The summed E-state index contributed by atoms with van der Waals surface area (Å²) in [6.45, 7) is 11.2. The van der Waals surface area contributed by atoms with Crippen LogP contribution in [-0.4, -0.2) is 66.6 Å². The second-order valence-electron chi connectivity index (χ2n) is 8.54. The van der Waals surface area contributed by atoms with E-state index in [4.69, 9.17) is 9.97 Å². The first kappa shape index (κ1) is 19.1. The van der Waals surface area contributed by atoms with E-state index in [0.717, 1.165) is 30.6 Å². The van der Waals surface area contributed by atoms with Crippen LogP contribution in [0.25, 0.3) is 10.2 Å². The number of piperidine rings is 1. The van der Waals surface area contributed by atoms with Gasteiger partial charge in [0.05, 0.1) is 11.9 Å². The molecular weight excluding hydrogens is 354 g/mol. The topological polar surface area (TPSA) is 35.5 Å². The van der Waals surface area contributed by atoms with E-state index in [9.17, 15) is 0 Å². The van der Waals surface area contributed by atoms with Crippen molar-refractivity contribution in [2.75, 3.05) is 51.7 Å². The molecule has 2 aliphatic rings. The van der Waals surface area contributed by atoms with Crippen LogP contribution in [0.1, 0.15) is 41.9 Å². The molecule has 4 heterocycles. The minimum absolute atomic E-state index is 0.762. The summed E-state index contributed by atoms with van der Waals surface area (Å²) in [5.74, 6) is 2.91. The summed E-state index contributed by atoms with van der Waals surface area (Å²) in [6.07, 6.45) is 5.19. The van der Waals surface area contributed by atoms with Gasteiger partial charge >= 0.3 is 0 Å². The van der Waals surface area contributed by atoms with Crippen LogP contribution >= 0.6 is 11.3 Å². The summed E-state index contributed by atoms with van der Waals surface area (Å²) in [7, 11) is 4.46. The van der Waals surface area contributed by atoms with Crippen molar-refractivity contribution < 1.29 is 0 Å². The number of thiophene rings is 1. The minimum Gasteiger partial charge on any atom is -0.359 e. The summed E-state index contributed by atoms with van der Waals surface area (Å²) < 4.78 is 0. The third-order valence-corrected chi connectivity index (χ3v) is 7.45. The van der Waals surface area contributed by atoms with Gasteiger partial charge in [0.1, 0.15) is 16.5 Å². The minimum atomic E-state index is 0.762. The number of anilines is 1. The molecule has 4 rings (SSSR count). The van der Waals surface area contributed by atoms with E-state index in [-0.39, 0.29) is 0 Å². The first-order valence-electron chi connectivity index (χ1n) is 10.4. The average molecular weight is 388 g/mol. The molecule has 6 heteroatoms. The highest BCUT2D eigenvalue weighted by Crippen LogP contribution is 2.35. The van der Waals surface area contributed by atoms with Crippen LogP contribution in [0, 0.1) is 19.8 Å². The van der Waals surface area contributed by atoms with Gasteiger partial charge in [-0.25, -0.2) is 9.97 Å². The van der Waals surface area contributed by atoms with E-state index in [0.29, 0.717) is 0 Å². The number of hydrogen-bond acceptors (Lipinski definition) is 6. The molecule has 0 N–H and O–H groups in total. The van der Waals surface area contributed by atoms with E-state index < -0.39 is 0 Å². The molecule has 2 saturated heterocycles. The van der Waals surface area contributed by atoms with Crippen LogP contribution < -0.4 is 4.90 Å². The van der Waals surface area contributed by atoms with E-state index in [1.54, 1.807) is 0 Å². The number of rotatable bonds is 5. The third-order valence-electron chi connectivity index (χ3n) is 6.35. The molecule has 0 unspecified atom stereocenters. The highest BCUT2D eigenvalue weighted by Gasteiger charge is 2.23. The summed E-state index contributed by atoms with van der Waals surface area (Å²) in [5.41, 5.74) is 1.35. The molecule has 2 aromatic heterocycles. The standard InChI is InChI=1S/C21H33N5S/c1-15-16(2)27-21-19(15)20(22-18(23-21)14-26-9-5-6-10-26)25(4)13-17-7-11-24(3)12-8-17/h17H,5-14H2,1-4H3. The lowest BCUT2D eigenvalue weighted by molar-refractivity contribution is 0.222. The Bertz CT molecular complexity index is 787. The molecule has 0 radical (unpaired) electrons. The molecule has 0 saturated carbocycles. The van der Waals surface area contributed by atoms with Crippen LogP contribution in [0.2, 0.25) is 0 Å². The number of aromatic nitrogens is 2. The number of fused-ring (bicyclic) bond motifs is 1. The lowest BCUT2D eigenvalue weighted by Gasteiger charge is -2.32. The van der Waals surface area contributed by atoms with Crippen LogP contribution in [0.15, 0.2) is 0 Å². The zero-order chi connectivity index (χ0) is 19.0. The molecule has 0 amide bonds. The molecule has 0 aliphatic carbocycles. The fourth-order valence-electron chi connectivity index (χ4n) is 4.48. The zero-order valence-corrected chi connectivity index (χ0v) is 18.1. The Labute approximate surface area is 167 Å². The number of hydrogen-bond donors (Lipinski definition) is 0.